The normalized spacial score (nSPS) is 48.9. The third-order valence-electron chi connectivity index (χ3n) is 13.1. The van der Waals surface area contributed by atoms with Gasteiger partial charge >= 0.3 is 23.9 Å². The third-order valence-corrected chi connectivity index (χ3v) is 13.1. The smallest absolute Gasteiger partial charge is 0.304 e. The van der Waals surface area contributed by atoms with Crippen LogP contribution in [0.15, 0.2) is 23.0 Å². The van der Waals surface area contributed by atoms with Crippen LogP contribution in [-0.4, -0.2) is 83.8 Å². The lowest BCUT2D eigenvalue weighted by Crippen LogP contribution is -2.82. The van der Waals surface area contributed by atoms with E-state index in [2.05, 4.69) is 0 Å². The van der Waals surface area contributed by atoms with Crippen LogP contribution in [0.5, 0.6) is 0 Å². The number of ketones is 1. The van der Waals surface area contributed by atoms with E-state index in [1.807, 2.05) is 19.9 Å². The first kappa shape index (κ1) is 32.3. The molecule has 0 aromatic carbocycles. The van der Waals surface area contributed by atoms with Crippen molar-refractivity contribution < 1.29 is 61.9 Å². The molecule has 2 saturated heterocycles. The molecular formula is C34H42O13. The van der Waals surface area contributed by atoms with Gasteiger partial charge in [0.25, 0.3) is 0 Å². The van der Waals surface area contributed by atoms with Crippen LogP contribution in [0.25, 0.3) is 0 Å². The number of ether oxygens (including phenoxy) is 6. The second kappa shape index (κ2) is 10.1. The molecule has 4 aliphatic carbocycles. The van der Waals surface area contributed by atoms with Gasteiger partial charge in [-0.05, 0) is 37.3 Å². The average molecular weight is 659 g/mol. The van der Waals surface area contributed by atoms with Crippen LogP contribution in [0.2, 0.25) is 0 Å². The number of carbonyl (C=O) groups excluding carboxylic acids is 5. The Kier molecular flexibility index (Phi) is 6.94. The van der Waals surface area contributed by atoms with Crippen molar-refractivity contribution in [3.05, 3.63) is 24.2 Å². The molecule has 13 heteroatoms. The van der Waals surface area contributed by atoms with E-state index in [1.54, 1.807) is 19.5 Å². The van der Waals surface area contributed by atoms with Crippen molar-refractivity contribution in [3.63, 3.8) is 0 Å². The summed E-state index contributed by atoms with van der Waals surface area (Å²) >= 11 is 0. The first-order valence-corrected chi connectivity index (χ1v) is 16.2. The van der Waals surface area contributed by atoms with E-state index in [-0.39, 0.29) is 31.5 Å². The lowest BCUT2D eigenvalue weighted by Gasteiger charge is -2.73. The number of furan rings is 1. The van der Waals surface area contributed by atoms with E-state index >= 15 is 4.79 Å². The van der Waals surface area contributed by atoms with Crippen LogP contribution in [0.3, 0.4) is 0 Å². The summed E-state index contributed by atoms with van der Waals surface area (Å²) in [7, 11) is 0. The third kappa shape index (κ3) is 3.79. The molecular weight excluding hydrogens is 616 g/mol. The number of hydrogen-bond acceptors (Lipinski definition) is 13. The molecule has 2 bridgehead atoms. The number of epoxide rings is 1. The predicted molar refractivity (Wildman–Crippen MR) is 156 cm³/mol. The lowest BCUT2D eigenvalue weighted by atomic mass is 9.33. The Labute approximate surface area is 271 Å². The van der Waals surface area contributed by atoms with Crippen molar-refractivity contribution >= 4 is 29.7 Å². The van der Waals surface area contributed by atoms with Crippen LogP contribution in [-0.2, 0) is 52.4 Å². The zero-order valence-corrected chi connectivity index (χ0v) is 27.6. The highest BCUT2D eigenvalue weighted by molar-refractivity contribution is 5.93. The minimum Gasteiger partial charge on any atom is -0.472 e. The van der Waals surface area contributed by atoms with Gasteiger partial charge in [-0.25, -0.2) is 0 Å². The van der Waals surface area contributed by atoms with Crippen LogP contribution in [0.1, 0.15) is 79.2 Å². The number of rotatable bonds is 5. The lowest BCUT2D eigenvalue weighted by molar-refractivity contribution is -0.374. The minimum atomic E-state index is -1.32. The highest BCUT2D eigenvalue weighted by atomic mass is 16.7. The van der Waals surface area contributed by atoms with E-state index in [9.17, 15) is 24.3 Å². The summed E-state index contributed by atoms with van der Waals surface area (Å²) in [5.74, 6) is -5.10. The quantitative estimate of drug-likeness (QED) is 0.278. The van der Waals surface area contributed by atoms with E-state index in [0.717, 1.165) is 5.56 Å². The summed E-state index contributed by atoms with van der Waals surface area (Å²) in [6.45, 7) is 10.3. The molecule has 1 aromatic heterocycles. The molecule has 1 aromatic rings. The molecule has 6 aliphatic rings. The summed E-state index contributed by atoms with van der Waals surface area (Å²) in [6, 6.07) is 1.83. The Bertz CT molecular complexity index is 1540. The molecule has 13 nitrogen and oxygen atoms in total. The molecule has 7 rings (SSSR count). The van der Waals surface area contributed by atoms with Crippen molar-refractivity contribution in [2.75, 3.05) is 6.61 Å². The zero-order valence-electron chi connectivity index (χ0n) is 27.6. The highest BCUT2D eigenvalue weighted by Gasteiger charge is 2.93. The molecule has 1 N–H and O–H groups in total. The van der Waals surface area contributed by atoms with E-state index in [0.29, 0.717) is 6.42 Å². The minimum absolute atomic E-state index is 0.0202. The average Bonchev–Trinajstić information content (AvgIpc) is 3.33. The Morgan fingerprint density at radius 2 is 1.49 bits per heavy atom. The molecule has 0 radical (unpaired) electrons. The standard InChI is InChI=1S/C34H42O13/c1-15(35)43-23-12-24(44-16(2)36)33-14-42-29(46-18(4)38)30(23,5)21(33)11-22(39)32(7)27(33)26(40)28(45-17(3)37)31(6)20(19-8-9-41-13-19)10-25-34(31,32)47-25/h8-9,13,20-25,27-29,39H,10-12,14H2,1-7H3/t20-,21-,22+,23+,24-,25+,27-,28-,29?,30+,31+,32+,33+,34+/m0/s1. The summed E-state index contributed by atoms with van der Waals surface area (Å²) in [5, 5.41) is 12.5. The summed E-state index contributed by atoms with van der Waals surface area (Å²) < 4.78 is 42.1. The fraction of sp³-hybridized carbons (Fsp3) is 0.735. The van der Waals surface area contributed by atoms with Crippen molar-refractivity contribution in [1.29, 1.82) is 0 Å². The van der Waals surface area contributed by atoms with Crippen LogP contribution in [0.4, 0.5) is 0 Å². The molecule has 0 amide bonds. The summed E-state index contributed by atoms with van der Waals surface area (Å²) in [5.41, 5.74) is -5.28. The summed E-state index contributed by atoms with van der Waals surface area (Å²) in [4.78, 5) is 65.8. The second-order valence-corrected chi connectivity index (χ2v) is 15.0. The zero-order chi connectivity index (χ0) is 34.1. The Morgan fingerprint density at radius 1 is 0.851 bits per heavy atom. The van der Waals surface area contributed by atoms with Crippen LogP contribution in [0, 0.1) is 33.5 Å². The maximum Gasteiger partial charge on any atom is 0.304 e. The number of aliphatic hydroxyl groups excluding tert-OH is 1. The number of Topliss-reactive ketones (excluding diaryl/α,β-unsaturated/α-hetero) is 1. The molecule has 47 heavy (non-hydrogen) atoms. The van der Waals surface area contributed by atoms with Gasteiger partial charge in [-0.15, -0.1) is 0 Å². The predicted octanol–water partition coefficient (Wildman–Crippen LogP) is 2.61. The van der Waals surface area contributed by atoms with Gasteiger partial charge < -0.3 is 37.9 Å². The Morgan fingerprint density at radius 3 is 2.09 bits per heavy atom. The van der Waals surface area contributed by atoms with Crippen LogP contribution < -0.4 is 0 Å². The molecule has 6 fully saturated rings. The van der Waals surface area contributed by atoms with Gasteiger partial charge in [-0.2, -0.15) is 0 Å². The van der Waals surface area contributed by atoms with E-state index < -0.39 is 99.5 Å². The first-order chi connectivity index (χ1) is 22.0. The summed E-state index contributed by atoms with van der Waals surface area (Å²) in [6.07, 6.45) is -2.34. The van der Waals surface area contributed by atoms with Crippen molar-refractivity contribution in [1.82, 2.24) is 0 Å². The van der Waals surface area contributed by atoms with Crippen molar-refractivity contribution in [3.8, 4) is 0 Å². The number of hydrogen-bond donors (Lipinski definition) is 1. The fourth-order valence-electron chi connectivity index (χ4n) is 11.6. The van der Waals surface area contributed by atoms with Gasteiger partial charge in [0.2, 0.25) is 6.29 Å². The molecule has 2 aliphatic heterocycles. The fourth-order valence-corrected chi connectivity index (χ4v) is 11.6. The maximum atomic E-state index is 15.4. The largest absolute Gasteiger partial charge is 0.472 e. The SMILES string of the molecule is CC(=O)OC1OC[C@]23[C@@H](OC(C)=O)C[C@@H](OC(C)=O)[C@@]1(C)[C@@H]2C[C@@H](O)[C@]1(C)[C@@H]3C(=O)[C@H](OC(C)=O)[C@@]2(C)[C@H](c3ccoc3)C[C@H]3O[C@]321. The van der Waals surface area contributed by atoms with E-state index in [4.69, 9.17) is 32.8 Å². The molecule has 1 unspecified atom stereocenters. The van der Waals surface area contributed by atoms with Gasteiger partial charge in [-0.1, -0.05) is 13.8 Å². The molecule has 1 spiro atoms. The van der Waals surface area contributed by atoms with Crippen molar-refractivity contribution in [2.24, 2.45) is 33.5 Å². The van der Waals surface area contributed by atoms with Crippen LogP contribution >= 0.6 is 0 Å². The Hall–Kier alpha value is -3.29. The van der Waals surface area contributed by atoms with Gasteiger partial charge in [0, 0.05) is 56.8 Å². The number of carbonyl (C=O) groups is 5. The van der Waals surface area contributed by atoms with Gasteiger partial charge in [-0.3, -0.25) is 24.0 Å². The monoisotopic (exact) mass is 658 g/mol. The molecule has 4 saturated carbocycles. The Balaban J connectivity index is 1.46. The molecule has 14 atom stereocenters. The number of esters is 4. The molecule has 3 heterocycles. The van der Waals surface area contributed by atoms with Gasteiger partial charge in [0.1, 0.15) is 17.8 Å². The maximum absolute atomic E-state index is 15.4. The van der Waals surface area contributed by atoms with Crippen molar-refractivity contribution in [2.45, 2.75) is 116 Å². The first-order valence-electron chi connectivity index (χ1n) is 16.2. The van der Waals surface area contributed by atoms with E-state index in [1.165, 1.54) is 27.7 Å². The molecule has 256 valence electrons. The number of aliphatic hydroxyl groups is 1. The number of fused-ring (bicyclic) bond motifs is 1. The van der Waals surface area contributed by atoms with Gasteiger partial charge in [0.05, 0.1) is 42.2 Å². The highest BCUT2D eigenvalue weighted by Crippen LogP contribution is 2.83. The van der Waals surface area contributed by atoms with Gasteiger partial charge in [0.15, 0.2) is 11.9 Å². The topological polar surface area (TPSA) is 177 Å². The second-order valence-electron chi connectivity index (χ2n) is 15.0.